The number of anilines is 1. The monoisotopic (exact) mass is 541 g/mol. The number of carbonyl (C=O) groups is 1. The molecule has 5 heteroatoms. The van der Waals surface area contributed by atoms with Crippen LogP contribution in [0.25, 0.3) is 10.9 Å². The van der Waals surface area contributed by atoms with E-state index in [4.69, 9.17) is 4.74 Å². The summed E-state index contributed by atoms with van der Waals surface area (Å²) in [6, 6.07) is 15.1. The summed E-state index contributed by atoms with van der Waals surface area (Å²) in [6.45, 7) is 7.21. The maximum Gasteiger partial charge on any atom is 0.227 e. The number of carbonyl (C=O) groups excluding carboxylic acids is 1. The van der Waals surface area contributed by atoms with E-state index < -0.39 is 0 Å². The Bertz CT molecular complexity index is 1260. The first-order valence-electron chi connectivity index (χ1n) is 15.8. The molecule has 2 aromatic carbocycles. The molecule has 0 bridgehead atoms. The fraction of sp³-hybridized carbons (Fsp3) is 0.543. The van der Waals surface area contributed by atoms with Crippen molar-refractivity contribution in [3.63, 3.8) is 0 Å². The van der Waals surface area contributed by atoms with Crippen LogP contribution in [0.4, 0.5) is 5.69 Å². The number of piperidine rings is 1. The SMILES string of the molecule is CCCCCCc1cc(OC2CCN(Cc3cc(C)ccc3NC(=O)C3CCCCC3)CC2)c2ncccc2c1. The van der Waals surface area contributed by atoms with E-state index in [-0.39, 0.29) is 17.9 Å². The smallest absolute Gasteiger partial charge is 0.227 e. The van der Waals surface area contributed by atoms with Crippen LogP contribution in [-0.2, 0) is 17.8 Å². The van der Waals surface area contributed by atoms with Gasteiger partial charge in [-0.05, 0) is 80.8 Å². The molecule has 1 aromatic heterocycles. The number of nitrogens with one attached hydrogen (secondary N) is 1. The van der Waals surface area contributed by atoms with E-state index in [0.717, 1.165) is 68.7 Å². The molecule has 2 heterocycles. The lowest BCUT2D eigenvalue weighted by Crippen LogP contribution is -2.38. The molecule has 1 saturated heterocycles. The number of benzene rings is 2. The van der Waals surface area contributed by atoms with Crippen molar-refractivity contribution in [1.82, 2.24) is 9.88 Å². The van der Waals surface area contributed by atoms with Crippen LogP contribution >= 0.6 is 0 Å². The Balaban J connectivity index is 1.20. The number of fused-ring (bicyclic) bond motifs is 1. The summed E-state index contributed by atoms with van der Waals surface area (Å²) in [6.07, 6.45) is 15.8. The summed E-state index contributed by atoms with van der Waals surface area (Å²) in [5.74, 6) is 1.30. The van der Waals surface area contributed by atoms with Crippen LogP contribution in [0.5, 0.6) is 5.75 Å². The summed E-state index contributed by atoms with van der Waals surface area (Å²) in [4.78, 5) is 20.2. The van der Waals surface area contributed by atoms with E-state index in [9.17, 15) is 4.79 Å². The number of hydrogen-bond donors (Lipinski definition) is 1. The van der Waals surface area contributed by atoms with Crippen molar-refractivity contribution in [1.29, 1.82) is 0 Å². The average Bonchev–Trinajstić information content (AvgIpc) is 2.98. The molecule has 3 aromatic rings. The molecule has 5 nitrogen and oxygen atoms in total. The molecule has 40 heavy (non-hydrogen) atoms. The van der Waals surface area contributed by atoms with Gasteiger partial charge in [0.15, 0.2) is 0 Å². The molecular weight excluding hydrogens is 494 g/mol. The minimum atomic E-state index is 0.163. The molecule has 214 valence electrons. The summed E-state index contributed by atoms with van der Waals surface area (Å²) in [5.41, 5.74) is 5.76. The molecule has 0 spiro atoms. The van der Waals surface area contributed by atoms with Crippen molar-refractivity contribution in [3.05, 3.63) is 65.4 Å². The molecule has 5 rings (SSSR count). The predicted molar refractivity (Wildman–Crippen MR) is 165 cm³/mol. The van der Waals surface area contributed by atoms with Gasteiger partial charge in [-0.25, -0.2) is 0 Å². The molecule has 2 fully saturated rings. The number of unbranched alkanes of at least 4 members (excludes halogenated alkanes) is 3. The Labute approximate surface area is 240 Å². The van der Waals surface area contributed by atoms with Crippen LogP contribution in [0, 0.1) is 12.8 Å². The highest BCUT2D eigenvalue weighted by Gasteiger charge is 2.24. The molecule has 1 saturated carbocycles. The molecule has 1 amide bonds. The van der Waals surface area contributed by atoms with E-state index in [2.05, 4.69) is 65.4 Å². The van der Waals surface area contributed by atoms with Crippen LogP contribution < -0.4 is 10.1 Å². The minimum absolute atomic E-state index is 0.163. The van der Waals surface area contributed by atoms with Crippen LogP contribution in [0.3, 0.4) is 0 Å². The standard InChI is InChI=1S/C35H47N3O2/c1-3-4-5-7-11-27-23-29-14-10-19-36-34(29)33(24-27)40-31-17-20-38(21-18-31)25-30-22-26(2)15-16-32(30)37-35(39)28-12-8-6-9-13-28/h10,14-16,19,22-24,28,31H,3-9,11-13,17-18,20-21,25H2,1-2H3,(H,37,39). The van der Waals surface area contributed by atoms with E-state index in [1.807, 2.05) is 12.3 Å². The second-order valence-electron chi connectivity index (χ2n) is 12.1. The van der Waals surface area contributed by atoms with Gasteiger partial charge >= 0.3 is 0 Å². The predicted octanol–water partition coefficient (Wildman–Crippen LogP) is 8.23. The average molecular weight is 542 g/mol. The van der Waals surface area contributed by atoms with Crippen LogP contribution in [0.15, 0.2) is 48.7 Å². The fourth-order valence-electron chi connectivity index (χ4n) is 6.39. The Hall–Kier alpha value is -2.92. The number of aryl methyl sites for hydroxylation is 2. The molecule has 1 N–H and O–H groups in total. The van der Waals surface area contributed by atoms with E-state index in [1.165, 1.54) is 67.0 Å². The van der Waals surface area contributed by atoms with Crippen LogP contribution in [0.2, 0.25) is 0 Å². The zero-order valence-electron chi connectivity index (χ0n) is 24.6. The molecular formula is C35H47N3O2. The third-order valence-corrected chi connectivity index (χ3v) is 8.77. The van der Waals surface area contributed by atoms with Gasteiger partial charge in [-0.2, -0.15) is 0 Å². The van der Waals surface area contributed by atoms with Crippen LogP contribution in [-0.4, -0.2) is 35.0 Å². The second kappa shape index (κ2) is 14.1. The normalized spacial score (nSPS) is 17.2. The summed E-state index contributed by atoms with van der Waals surface area (Å²) < 4.78 is 6.65. The van der Waals surface area contributed by atoms with Gasteiger partial charge in [-0.15, -0.1) is 0 Å². The molecule has 0 unspecified atom stereocenters. The maximum atomic E-state index is 13.0. The van der Waals surface area contributed by atoms with Crippen molar-refractivity contribution in [2.45, 2.75) is 104 Å². The lowest BCUT2D eigenvalue weighted by molar-refractivity contribution is -0.120. The fourth-order valence-corrected chi connectivity index (χ4v) is 6.39. The number of hydrogen-bond acceptors (Lipinski definition) is 4. The first-order valence-corrected chi connectivity index (χ1v) is 15.8. The zero-order chi connectivity index (χ0) is 27.7. The van der Waals surface area contributed by atoms with Gasteiger partial charge < -0.3 is 10.1 Å². The highest BCUT2D eigenvalue weighted by molar-refractivity contribution is 5.93. The first-order chi connectivity index (χ1) is 19.6. The Morgan fingerprint density at radius 2 is 1.82 bits per heavy atom. The third-order valence-electron chi connectivity index (χ3n) is 8.77. The van der Waals surface area contributed by atoms with Gasteiger partial charge in [0.05, 0.1) is 0 Å². The largest absolute Gasteiger partial charge is 0.488 e. The van der Waals surface area contributed by atoms with Crippen molar-refractivity contribution in [3.8, 4) is 5.75 Å². The van der Waals surface area contributed by atoms with Gasteiger partial charge in [0.2, 0.25) is 5.91 Å². The van der Waals surface area contributed by atoms with Crippen LogP contribution in [0.1, 0.15) is 94.2 Å². The number of rotatable bonds is 11. The molecule has 2 aliphatic rings. The topological polar surface area (TPSA) is 54.5 Å². The Morgan fingerprint density at radius 3 is 2.62 bits per heavy atom. The lowest BCUT2D eigenvalue weighted by Gasteiger charge is -2.33. The van der Waals surface area contributed by atoms with Gasteiger partial charge in [0, 0.05) is 42.8 Å². The number of amides is 1. The van der Waals surface area contributed by atoms with Gasteiger partial charge in [-0.1, -0.05) is 69.2 Å². The van der Waals surface area contributed by atoms with Crippen molar-refractivity contribution in [2.24, 2.45) is 5.92 Å². The van der Waals surface area contributed by atoms with E-state index >= 15 is 0 Å². The summed E-state index contributed by atoms with van der Waals surface area (Å²) >= 11 is 0. The van der Waals surface area contributed by atoms with E-state index in [0.29, 0.717) is 0 Å². The second-order valence-corrected chi connectivity index (χ2v) is 12.1. The molecule has 0 atom stereocenters. The minimum Gasteiger partial charge on any atom is -0.488 e. The van der Waals surface area contributed by atoms with Crippen molar-refractivity contribution < 1.29 is 9.53 Å². The Morgan fingerprint density at radius 1 is 1.00 bits per heavy atom. The maximum absolute atomic E-state index is 13.0. The number of nitrogens with zero attached hydrogens (tertiary/aromatic N) is 2. The Kier molecular flexibility index (Phi) is 10.1. The lowest BCUT2D eigenvalue weighted by atomic mass is 9.88. The van der Waals surface area contributed by atoms with Gasteiger partial charge in [0.25, 0.3) is 0 Å². The molecule has 1 aliphatic heterocycles. The quantitative estimate of drug-likeness (QED) is 0.248. The highest BCUT2D eigenvalue weighted by Crippen LogP contribution is 2.31. The first kappa shape index (κ1) is 28.6. The number of aromatic nitrogens is 1. The van der Waals surface area contributed by atoms with Crippen molar-refractivity contribution >= 4 is 22.5 Å². The zero-order valence-corrected chi connectivity index (χ0v) is 24.6. The summed E-state index contributed by atoms with van der Waals surface area (Å²) in [5, 5.41) is 4.46. The molecule has 1 aliphatic carbocycles. The van der Waals surface area contributed by atoms with Gasteiger partial charge in [-0.3, -0.25) is 14.7 Å². The number of ether oxygens (including phenoxy) is 1. The summed E-state index contributed by atoms with van der Waals surface area (Å²) in [7, 11) is 0. The van der Waals surface area contributed by atoms with Crippen molar-refractivity contribution in [2.75, 3.05) is 18.4 Å². The van der Waals surface area contributed by atoms with Gasteiger partial charge in [0.1, 0.15) is 17.4 Å². The molecule has 0 radical (unpaired) electrons. The van der Waals surface area contributed by atoms with E-state index in [1.54, 1.807) is 0 Å². The third kappa shape index (κ3) is 7.63. The number of likely N-dealkylation sites (tertiary alicyclic amines) is 1. The number of pyridine rings is 1. The highest BCUT2D eigenvalue weighted by atomic mass is 16.5.